The van der Waals surface area contributed by atoms with Gasteiger partial charge in [-0.3, -0.25) is 4.79 Å². The van der Waals surface area contributed by atoms with Crippen molar-refractivity contribution in [1.29, 1.82) is 0 Å². The lowest BCUT2D eigenvalue weighted by Gasteiger charge is -2.29. The number of amides is 1. The van der Waals surface area contributed by atoms with Gasteiger partial charge in [0.25, 0.3) is 0 Å². The number of hydrogen-bond acceptors (Lipinski definition) is 4. The fraction of sp³-hybridized carbons (Fsp3) is 0.484. The van der Waals surface area contributed by atoms with Crippen LogP contribution < -0.4 is 10.1 Å². The highest BCUT2D eigenvalue weighted by atomic mass is 16.5. The van der Waals surface area contributed by atoms with E-state index < -0.39 is 0 Å². The molecule has 2 fully saturated rings. The number of ether oxygens (including phenoxy) is 2. The van der Waals surface area contributed by atoms with Crippen molar-refractivity contribution in [3.8, 4) is 5.75 Å². The molecule has 2 aliphatic carbocycles. The number of benzene rings is 2. The number of para-hydroxylation sites is 1. The summed E-state index contributed by atoms with van der Waals surface area (Å²) in [6.07, 6.45) is 9.05. The van der Waals surface area contributed by atoms with Gasteiger partial charge in [-0.15, -0.1) is 0 Å². The maximum atomic E-state index is 12.3. The number of rotatable bonds is 9. The quantitative estimate of drug-likeness (QED) is 0.375. The smallest absolute Gasteiger partial charge is 0.223 e. The molecule has 1 heterocycles. The predicted octanol–water partition coefficient (Wildman–Crippen LogP) is 6.50. The van der Waals surface area contributed by atoms with Crippen LogP contribution in [0.5, 0.6) is 5.75 Å². The molecule has 190 valence electrons. The van der Waals surface area contributed by atoms with E-state index in [1.807, 2.05) is 36.4 Å². The Kier molecular flexibility index (Phi) is 8.17. The number of nitrogens with one attached hydrogen (secondary N) is 1. The van der Waals surface area contributed by atoms with E-state index in [1.165, 1.54) is 12.8 Å². The average Bonchev–Trinajstić information content (AvgIpc) is 3.47. The van der Waals surface area contributed by atoms with Crippen molar-refractivity contribution in [3.63, 3.8) is 0 Å². The van der Waals surface area contributed by atoms with E-state index in [2.05, 4.69) is 30.4 Å². The van der Waals surface area contributed by atoms with E-state index >= 15 is 0 Å². The van der Waals surface area contributed by atoms with E-state index in [-0.39, 0.29) is 17.9 Å². The predicted molar refractivity (Wildman–Crippen MR) is 143 cm³/mol. The summed E-state index contributed by atoms with van der Waals surface area (Å²) in [5, 5.41) is 4.25. The zero-order chi connectivity index (χ0) is 24.7. The van der Waals surface area contributed by atoms with Crippen molar-refractivity contribution < 1.29 is 14.3 Å². The lowest BCUT2D eigenvalue weighted by Crippen LogP contribution is -2.35. The van der Waals surface area contributed by atoms with E-state index in [0.717, 1.165) is 78.5 Å². The maximum Gasteiger partial charge on any atom is 0.223 e. The molecule has 0 saturated heterocycles. The second kappa shape index (κ2) is 11.9. The van der Waals surface area contributed by atoms with Gasteiger partial charge >= 0.3 is 0 Å². The SMILES string of the molecule is Cc1c(COC2CCC(CNC(=O)C3CCCC3)CC2)nc2ccccc2c1OCc1ccccc1. The highest BCUT2D eigenvalue weighted by molar-refractivity contribution is 5.86. The summed E-state index contributed by atoms with van der Waals surface area (Å²) in [5.74, 6) is 1.98. The molecule has 0 spiro atoms. The minimum absolute atomic E-state index is 0.244. The molecule has 0 aliphatic heterocycles. The maximum absolute atomic E-state index is 12.3. The van der Waals surface area contributed by atoms with Crippen molar-refractivity contribution in [2.45, 2.75) is 77.6 Å². The van der Waals surface area contributed by atoms with Gasteiger partial charge in [0.15, 0.2) is 0 Å². The van der Waals surface area contributed by atoms with Crippen LogP contribution in [-0.2, 0) is 22.7 Å². The van der Waals surface area contributed by atoms with Crippen LogP contribution in [0, 0.1) is 18.8 Å². The Hall–Kier alpha value is -2.92. The topological polar surface area (TPSA) is 60.5 Å². The third-order valence-corrected chi connectivity index (χ3v) is 7.94. The first-order valence-electron chi connectivity index (χ1n) is 13.6. The first kappa shape index (κ1) is 24.8. The number of carbonyl (C=O) groups is 1. The third kappa shape index (κ3) is 6.07. The van der Waals surface area contributed by atoms with Gasteiger partial charge in [0.1, 0.15) is 12.4 Å². The Balaban J connectivity index is 1.16. The molecule has 2 saturated carbocycles. The molecule has 0 bridgehead atoms. The van der Waals surface area contributed by atoms with E-state index in [0.29, 0.717) is 19.1 Å². The van der Waals surface area contributed by atoms with Crippen LogP contribution in [0.4, 0.5) is 0 Å². The standard InChI is InChI=1S/C31H38N2O3/c1-22-29(21-35-26-17-15-23(16-18-26)19-32-31(34)25-11-5-6-12-25)33-28-14-8-7-13-27(28)30(22)36-20-24-9-3-2-4-10-24/h2-4,7-10,13-14,23,25-26H,5-6,11-12,15-21H2,1H3,(H,32,34). The minimum atomic E-state index is 0.244. The number of aromatic nitrogens is 1. The lowest BCUT2D eigenvalue weighted by atomic mass is 9.87. The molecule has 36 heavy (non-hydrogen) atoms. The highest BCUT2D eigenvalue weighted by Gasteiger charge is 2.26. The van der Waals surface area contributed by atoms with Gasteiger partial charge in [-0.05, 0) is 69.1 Å². The van der Waals surface area contributed by atoms with Gasteiger partial charge in [-0.1, -0.05) is 55.3 Å². The van der Waals surface area contributed by atoms with Crippen LogP contribution in [0.3, 0.4) is 0 Å². The summed E-state index contributed by atoms with van der Waals surface area (Å²) in [4.78, 5) is 17.3. The summed E-state index contributed by atoms with van der Waals surface area (Å²) < 4.78 is 12.7. The number of carbonyl (C=O) groups excluding carboxylic acids is 1. The van der Waals surface area contributed by atoms with Gasteiger partial charge in [-0.2, -0.15) is 0 Å². The van der Waals surface area contributed by atoms with Gasteiger partial charge in [-0.25, -0.2) is 4.98 Å². The molecule has 1 N–H and O–H groups in total. The molecule has 2 aromatic carbocycles. The average molecular weight is 487 g/mol. The highest BCUT2D eigenvalue weighted by Crippen LogP contribution is 2.33. The van der Waals surface area contributed by atoms with Gasteiger partial charge in [0.2, 0.25) is 5.91 Å². The monoisotopic (exact) mass is 486 g/mol. The largest absolute Gasteiger partial charge is 0.488 e. The van der Waals surface area contributed by atoms with Gasteiger partial charge in [0, 0.05) is 23.4 Å². The molecule has 0 unspecified atom stereocenters. The fourth-order valence-corrected chi connectivity index (χ4v) is 5.66. The zero-order valence-electron chi connectivity index (χ0n) is 21.4. The van der Waals surface area contributed by atoms with Crippen molar-refractivity contribution in [1.82, 2.24) is 10.3 Å². The van der Waals surface area contributed by atoms with E-state index in [9.17, 15) is 4.79 Å². The Bertz CT molecular complexity index is 1150. The molecule has 1 amide bonds. The Morgan fingerprint density at radius 2 is 1.64 bits per heavy atom. The van der Waals surface area contributed by atoms with Crippen LogP contribution in [0.25, 0.3) is 10.9 Å². The Morgan fingerprint density at radius 3 is 2.42 bits per heavy atom. The lowest BCUT2D eigenvalue weighted by molar-refractivity contribution is -0.125. The van der Waals surface area contributed by atoms with Crippen LogP contribution in [0.1, 0.15) is 68.2 Å². The molecule has 0 atom stereocenters. The third-order valence-electron chi connectivity index (χ3n) is 7.94. The van der Waals surface area contributed by atoms with Gasteiger partial charge < -0.3 is 14.8 Å². The minimum Gasteiger partial charge on any atom is -0.488 e. The number of hydrogen-bond donors (Lipinski definition) is 1. The molecule has 5 rings (SSSR count). The van der Waals surface area contributed by atoms with Crippen LogP contribution in [-0.4, -0.2) is 23.5 Å². The van der Waals surface area contributed by atoms with Crippen LogP contribution >= 0.6 is 0 Å². The summed E-state index contributed by atoms with van der Waals surface area (Å²) in [6.45, 7) is 3.92. The van der Waals surface area contributed by atoms with Crippen molar-refractivity contribution in [2.24, 2.45) is 11.8 Å². The molecule has 3 aromatic rings. The molecule has 1 aromatic heterocycles. The van der Waals surface area contributed by atoms with E-state index in [4.69, 9.17) is 14.5 Å². The Morgan fingerprint density at radius 1 is 0.917 bits per heavy atom. The van der Waals surface area contributed by atoms with Crippen molar-refractivity contribution >= 4 is 16.8 Å². The second-order valence-corrected chi connectivity index (χ2v) is 10.5. The summed E-state index contributed by atoms with van der Waals surface area (Å²) in [7, 11) is 0. The summed E-state index contributed by atoms with van der Waals surface area (Å²) in [5.41, 5.74) is 4.08. The summed E-state index contributed by atoms with van der Waals surface area (Å²) >= 11 is 0. The van der Waals surface area contributed by atoms with Crippen LogP contribution in [0.2, 0.25) is 0 Å². The molecular weight excluding hydrogens is 448 g/mol. The molecule has 5 nitrogen and oxygen atoms in total. The number of pyridine rings is 1. The number of fused-ring (bicyclic) bond motifs is 1. The molecule has 2 aliphatic rings. The molecular formula is C31H38N2O3. The van der Waals surface area contributed by atoms with Crippen molar-refractivity contribution in [2.75, 3.05) is 6.54 Å². The molecule has 5 heteroatoms. The van der Waals surface area contributed by atoms with Crippen molar-refractivity contribution in [3.05, 3.63) is 71.4 Å². The Labute approximate surface area is 214 Å². The van der Waals surface area contributed by atoms with Gasteiger partial charge in [0.05, 0.1) is 23.9 Å². The first-order valence-corrected chi connectivity index (χ1v) is 13.6. The van der Waals surface area contributed by atoms with Crippen LogP contribution in [0.15, 0.2) is 54.6 Å². The first-order chi connectivity index (χ1) is 17.7. The van der Waals surface area contributed by atoms with E-state index in [1.54, 1.807) is 0 Å². The zero-order valence-corrected chi connectivity index (χ0v) is 21.4. The number of nitrogens with zero attached hydrogens (tertiary/aromatic N) is 1. The fourth-order valence-electron chi connectivity index (χ4n) is 5.66. The second-order valence-electron chi connectivity index (χ2n) is 10.5. The summed E-state index contributed by atoms with van der Waals surface area (Å²) in [6, 6.07) is 18.4. The normalized spacial score (nSPS) is 20.5. The molecule has 0 radical (unpaired) electrons.